The van der Waals surface area contributed by atoms with Crippen molar-refractivity contribution >= 4 is 5.91 Å². The minimum absolute atomic E-state index is 0.158. The lowest BCUT2D eigenvalue weighted by Crippen LogP contribution is -2.20. The molecule has 3 heteroatoms. The molecule has 74 valence electrons. The van der Waals surface area contributed by atoms with Crippen molar-refractivity contribution in [2.45, 2.75) is 25.8 Å². The van der Waals surface area contributed by atoms with Crippen molar-refractivity contribution in [3.8, 4) is 0 Å². The Morgan fingerprint density at radius 3 is 3.14 bits per heavy atom. The van der Waals surface area contributed by atoms with Gasteiger partial charge in [-0.2, -0.15) is 0 Å². The summed E-state index contributed by atoms with van der Waals surface area (Å²) in [6.07, 6.45) is 5.26. The molecule has 3 nitrogen and oxygen atoms in total. The molecule has 1 fully saturated rings. The van der Waals surface area contributed by atoms with Gasteiger partial charge >= 0.3 is 0 Å². The van der Waals surface area contributed by atoms with Crippen molar-refractivity contribution < 1.29 is 4.79 Å². The van der Waals surface area contributed by atoms with E-state index in [0.717, 1.165) is 12.0 Å². The van der Waals surface area contributed by atoms with Gasteiger partial charge in [-0.05, 0) is 17.5 Å². The van der Waals surface area contributed by atoms with E-state index in [4.69, 9.17) is 0 Å². The molecule has 0 bridgehead atoms. The number of nitrogens with one attached hydrogen (secondary N) is 1. The minimum atomic E-state index is 0.158. The highest BCUT2D eigenvalue weighted by molar-refractivity contribution is 5.79. The van der Waals surface area contributed by atoms with Crippen molar-refractivity contribution in [2.75, 3.05) is 0 Å². The maximum atomic E-state index is 11.3. The van der Waals surface area contributed by atoms with Crippen molar-refractivity contribution in [1.29, 1.82) is 0 Å². The number of pyridine rings is 1. The fraction of sp³-hybridized carbons (Fsp3) is 0.455. The zero-order valence-corrected chi connectivity index (χ0v) is 8.23. The van der Waals surface area contributed by atoms with Gasteiger partial charge in [-0.1, -0.05) is 19.4 Å². The maximum Gasteiger partial charge on any atom is 0.220 e. The standard InChI is InChI=1S/C11H14N2O/c1-2-8-6-10(14)13-11(8)9-4-3-5-12-7-9/h3-5,7-8,11H,2,6H2,1H3,(H,13,14). The third-order valence-electron chi connectivity index (χ3n) is 2.80. The first-order valence-electron chi connectivity index (χ1n) is 5.00. The monoisotopic (exact) mass is 190 g/mol. The molecule has 2 unspecified atom stereocenters. The molecule has 2 heterocycles. The van der Waals surface area contributed by atoms with Crippen molar-refractivity contribution in [2.24, 2.45) is 5.92 Å². The highest BCUT2D eigenvalue weighted by atomic mass is 16.2. The number of amides is 1. The van der Waals surface area contributed by atoms with Crippen LogP contribution in [0.5, 0.6) is 0 Å². The molecule has 14 heavy (non-hydrogen) atoms. The average Bonchev–Trinajstić information content (AvgIpc) is 2.61. The molecular formula is C11H14N2O. The molecule has 1 aromatic heterocycles. The fourth-order valence-corrected chi connectivity index (χ4v) is 2.00. The molecule has 1 aliphatic rings. The third kappa shape index (κ3) is 1.62. The van der Waals surface area contributed by atoms with E-state index >= 15 is 0 Å². The summed E-state index contributed by atoms with van der Waals surface area (Å²) < 4.78 is 0. The first-order chi connectivity index (χ1) is 6.81. The molecule has 1 saturated heterocycles. The van der Waals surface area contributed by atoms with Crippen LogP contribution in [0.4, 0.5) is 0 Å². The molecule has 2 rings (SSSR count). The van der Waals surface area contributed by atoms with E-state index < -0.39 is 0 Å². The van der Waals surface area contributed by atoms with Gasteiger partial charge < -0.3 is 5.32 Å². The van der Waals surface area contributed by atoms with E-state index in [1.165, 1.54) is 0 Å². The van der Waals surface area contributed by atoms with Gasteiger partial charge in [0.2, 0.25) is 5.91 Å². The molecule has 0 aliphatic carbocycles. The number of nitrogens with zero attached hydrogens (tertiary/aromatic N) is 1. The van der Waals surface area contributed by atoms with Gasteiger partial charge in [-0.3, -0.25) is 9.78 Å². The first-order valence-corrected chi connectivity index (χ1v) is 5.00. The van der Waals surface area contributed by atoms with E-state index in [-0.39, 0.29) is 11.9 Å². The Morgan fingerprint density at radius 2 is 2.50 bits per heavy atom. The van der Waals surface area contributed by atoms with E-state index in [1.54, 1.807) is 6.20 Å². The number of aromatic nitrogens is 1. The molecule has 0 radical (unpaired) electrons. The summed E-state index contributed by atoms with van der Waals surface area (Å²) in [5, 5.41) is 2.99. The van der Waals surface area contributed by atoms with Gasteiger partial charge in [0.15, 0.2) is 0 Å². The van der Waals surface area contributed by atoms with Crippen molar-refractivity contribution in [3.05, 3.63) is 30.1 Å². The second kappa shape index (κ2) is 3.78. The summed E-state index contributed by atoms with van der Waals surface area (Å²) in [5.41, 5.74) is 1.12. The molecule has 1 aromatic rings. The summed E-state index contributed by atoms with van der Waals surface area (Å²) in [5.74, 6) is 0.581. The number of rotatable bonds is 2. The van der Waals surface area contributed by atoms with E-state index in [2.05, 4.69) is 17.2 Å². The maximum absolute atomic E-state index is 11.3. The van der Waals surface area contributed by atoms with Crippen LogP contribution >= 0.6 is 0 Å². The SMILES string of the molecule is CCC1CC(=O)NC1c1cccnc1. The van der Waals surface area contributed by atoms with Crippen LogP contribution in [0.2, 0.25) is 0 Å². The van der Waals surface area contributed by atoms with Crippen molar-refractivity contribution in [3.63, 3.8) is 0 Å². The Kier molecular flexibility index (Phi) is 2.48. The number of hydrogen-bond donors (Lipinski definition) is 1. The summed E-state index contributed by atoms with van der Waals surface area (Å²) in [7, 11) is 0. The molecular weight excluding hydrogens is 176 g/mol. The normalized spacial score (nSPS) is 26.2. The summed E-state index contributed by atoms with van der Waals surface area (Å²) in [6.45, 7) is 2.12. The van der Waals surface area contributed by atoms with Crippen LogP contribution in [-0.4, -0.2) is 10.9 Å². The minimum Gasteiger partial charge on any atom is -0.349 e. The lowest BCUT2D eigenvalue weighted by atomic mass is 9.93. The Balaban J connectivity index is 2.22. The Hall–Kier alpha value is -1.38. The van der Waals surface area contributed by atoms with Crippen LogP contribution in [0.25, 0.3) is 0 Å². The van der Waals surface area contributed by atoms with Gasteiger partial charge in [-0.15, -0.1) is 0 Å². The zero-order chi connectivity index (χ0) is 9.97. The smallest absolute Gasteiger partial charge is 0.220 e. The molecule has 1 N–H and O–H groups in total. The van der Waals surface area contributed by atoms with Gasteiger partial charge in [0.25, 0.3) is 0 Å². The molecule has 1 amide bonds. The van der Waals surface area contributed by atoms with Crippen LogP contribution in [0, 0.1) is 5.92 Å². The van der Waals surface area contributed by atoms with E-state index in [1.807, 2.05) is 18.3 Å². The van der Waals surface area contributed by atoms with E-state index in [0.29, 0.717) is 12.3 Å². The summed E-state index contributed by atoms with van der Waals surface area (Å²) >= 11 is 0. The summed E-state index contributed by atoms with van der Waals surface area (Å²) in [6, 6.07) is 4.10. The topological polar surface area (TPSA) is 42.0 Å². The summed E-state index contributed by atoms with van der Waals surface area (Å²) in [4.78, 5) is 15.3. The average molecular weight is 190 g/mol. The van der Waals surface area contributed by atoms with Crippen LogP contribution in [0.1, 0.15) is 31.4 Å². The number of carbonyl (C=O) groups excluding carboxylic acids is 1. The number of carbonyl (C=O) groups is 1. The lowest BCUT2D eigenvalue weighted by molar-refractivity contribution is -0.119. The quantitative estimate of drug-likeness (QED) is 0.770. The number of hydrogen-bond acceptors (Lipinski definition) is 2. The van der Waals surface area contributed by atoms with Crippen LogP contribution in [0.15, 0.2) is 24.5 Å². The first kappa shape index (κ1) is 9.19. The van der Waals surface area contributed by atoms with Gasteiger partial charge in [-0.25, -0.2) is 0 Å². The molecule has 0 spiro atoms. The third-order valence-corrected chi connectivity index (χ3v) is 2.80. The van der Waals surface area contributed by atoms with Crippen LogP contribution in [-0.2, 0) is 4.79 Å². The Labute approximate surface area is 83.5 Å². The van der Waals surface area contributed by atoms with E-state index in [9.17, 15) is 4.79 Å². The van der Waals surface area contributed by atoms with Gasteiger partial charge in [0.05, 0.1) is 6.04 Å². The predicted octanol–water partition coefficient (Wildman–Crippen LogP) is 1.67. The molecule has 2 atom stereocenters. The molecule has 0 aromatic carbocycles. The Bertz CT molecular complexity index is 323. The second-order valence-corrected chi connectivity index (χ2v) is 3.70. The van der Waals surface area contributed by atoms with Crippen LogP contribution in [0.3, 0.4) is 0 Å². The Morgan fingerprint density at radius 1 is 1.64 bits per heavy atom. The highest BCUT2D eigenvalue weighted by Gasteiger charge is 2.31. The van der Waals surface area contributed by atoms with Gasteiger partial charge in [0.1, 0.15) is 0 Å². The van der Waals surface area contributed by atoms with Crippen molar-refractivity contribution in [1.82, 2.24) is 10.3 Å². The van der Waals surface area contributed by atoms with Crippen LogP contribution < -0.4 is 5.32 Å². The zero-order valence-electron chi connectivity index (χ0n) is 8.23. The molecule has 1 aliphatic heterocycles. The molecule has 0 saturated carbocycles. The second-order valence-electron chi connectivity index (χ2n) is 3.70. The largest absolute Gasteiger partial charge is 0.349 e. The van der Waals surface area contributed by atoms with Gasteiger partial charge in [0, 0.05) is 18.8 Å². The predicted molar refractivity (Wildman–Crippen MR) is 53.5 cm³/mol. The fourth-order valence-electron chi connectivity index (χ4n) is 2.00. The lowest BCUT2D eigenvalue weighted by Gasteiger charge is -2.16. The highest BCUT2D eigenvalue weighted by Crippen LogP contribution is 2.31.